The first-order valence-electron chi connectivity index (χ1n) is 9.36. The van der Waals surface area contributed by atoms with Crippen molar-refractivity contribution >= 4 is 5.91 Å². The minimum atomic E-state index is -4.50. The van der Waals surface area contributed by atoms with Gasteiger partial charge >= 0.3 is 6.18 Å². The lowest BCUT2D eigenvalue weighted by atomic mass is 9.97. The Morgan fingerprint density at radius 3 is 2.76 bits per heavy atom. The first-order chi connectivity index (χ1) is 13.8. The van der Waals surface area contributed by atoms with Crippen LogP contribution in [0.2, 0.25) is 0 Å². The Balaban J connectivity index is 1.63. The lowest BCUT2D eigenvalue weighted by Crippen LogP contribution is -2.38. The van der Waals surface area contributed by atoms with E-state index in [1.165, 1.54) is 24.3 Å². The first kappa shape index (κ1) is 19.2. The van der Waals surface area contributed by atoms with Gasteiger partial charge in [0.25, 0.3) is 5.91 Å². The van der Waals surface area contributed by atoms with Crippen molar-refractivity contribution in [2.24, 2.45) is 7.05 Å². The van der Waals surface area contributed by atoms with E-state index >= 15 is 0 Å². The molecule has 1 aliphatic heterocycles. The van der Waals surface area contributed by atoms with E-state index in [9.17, 15) is 18.0 Å². The number of piperidine rings is 1. The Kier molecular flexibility index (Phi) is 4.89. The van der Waals surface area contributed by atoms with E-state index in [1.807, 2.05) is 13.2 Å². The predicted molar refractivity (Wildman–Crippen MR) is 99.9 cm³/mol. The zero-order valence-electron chi connectivity index (χ0n) is 15.8. The van der Waals surface area contributed by atoms with Crippen molar-refractivity contribution < 1.29 is 18.0 Å². The molecule has 1 aliphatic rings. The Labute approximate surface area is 165 Å². The van der Waals surface area contributed by atoms with Crippen molar-refractivity contribution in [3.05, 3.63) is 59.5 Å². The summed E-state index contributed by atoms with van der Waals surface area (Å²) in [5.74, 6) is -0.276. The fourth-order valence-electron chi connectivity index (χ4n) is 3.81. The lowest BCUT2D eigenvalue weighted by Gasteiger charge is -2.35. The molecule has 1 atom stereocenters. The number of aromatic amines is 1. The van der Waals surface area contributed by atoms with Crippen LogP contribution in [0.25, 0.3) is 11.3 Å². The summed E-state index contributed by atoms with van der Waals surface area (Å²) in [5, 5.41) is 10.8. The van der Waals surface area contributed by atoms with Crippen LogP contribution < -0.4 is 0 Å². The lowest BCUT2D eigenvalue weighted by molar-refractivity contribution is -0.137. The van der Waals surface area contributed by atoms with Gasteiger partial charge in [-0.3, -0.25) is 14.6 Å². The van der Waals surface area contributed by atoms with E-state index < -0.39 is 11.7 Å². The predicted octanol–water partition coefficient (Wildman–Crippen LogP) is 4.20. The summed E-state index contributed by atoms with van der Waals surface area (Å²) < 4.78 is 41.6. The fraction of sp³-hybridized carbons (Fsp3) is 0.350. The smallest absolute Gasteiger partial charge is 0.330 e. The van der Waals surface area contributed by atoms with Crippen LogP contribution in [0.4, 0.5) is 13.2 Å². The van der Waals surface area contributed by atoms with Crippen LogP contribution in [-0.4, -0.2) is 37.3 Å². The van der Waals surface area contributed by atoms with Crippen molar-refractivity contribution in [1.82, 2.24) is 24.9 Å². The molecule has 6 nitrogen and oxygen atoms in total. The highest BCUT2D eigenvalue weighted by Crippen LogP contribution is 2.37. The van der Waals surface area contributed by atoms with E-state index in [2.05, 4.69) is 15.3 Å². The van der Waals surface area contributed by atoms with E-state index in [0.29, 0.717) is 6.54 Å². The van der Waals surface area contributed by atoms with Gasteiger partial charge < -0.3 is 4.90 Å². The minimum Gasteiger partial charge on any atom is -0.330 e. The fourth-order valence-corrected chi connectivity index (χ4v) is 3.81. The van der Waals surface area contributed by atoms with Gasteiger partial charge in [0.1, 0.15) is 5.69 Å². The van der Waals surface area contributed by atoms with Crippen LogP contribution in [0.1, 0.15) is 46.9 Å². The molecule has 3 aromatic rings. The van der Waals surface area contributed by atoms with Crippen molar-refractivity contribution in [3.8, 4) is 11.3 Å². The summed E-state index contributed by atoms with van der Waals surface area (Å²) >= 11 is 0. The van der Waals surface area contributed by atoms with Gasteiger partial charge in [-0.2, -0.15) is 23.4 Å². The average Bonchev–Trinajstić information content (AvgIpc) is 3.36. The number of benzene rings is 1. The van der Waals surface area contributed by atoms with Crippen LogP contribution in [0, 0.1) is 0 Å². The molecule has 152 valence electrons. The van der Waals surface area contributed by atoms with Gasteiger partial charge in [-0.05, 0) is 31.4 Å². The molecule has 0 bridgehead atoms. The largest absolute Gasteiger partial charge is 0.417 e. The maximum absolute atomic E-state index is 13.3. The number of alkyl halides is 3. The van der Waals surface area contributed by atoms with Gasteiger partial charge in [0, 0.05) is 30.9 Å². The number of nitrogens with zero attached hydrogens (tertiary/aromatic N) is 4. The molecule has 1 fully saturated rings. The Morgan fingerprint density at radius 2 is 2.03 bits per heavy atom. The van der Waals surface area contributed by atoms with E-state index in [0.717, 1.165) is 30.9 Å². The number of amides is 1. The summed E-state index contributed by atoms with van der Waals surface area (Å²) in [6, 6.07) is 6.49. The number of likely N-dealkylation sites (tertiary alicyclic amines) is 1. The highest BCUT2D eigenvalue weighted by Gasteiger charge is 2.35. The minimum absolute atomic E-state index is 0.0576. The average molecular weight is 403 g/mol. The van der Waals surface area contributed by atoms with Crippen molar-refractivity contribution in [3.63, 3.8) is 0 Å². The second-order valence-electron chi connectivity index (χ2n) is 7.17. The SMILES string of the molecule is Cn1cc(C2CCCCN2C(=O)c2cc(-c3ccccc3C(F)(F)F)n[nH]2)cn1. The number of halogens is 3. The van der Waals surface area contributed by atoms with Gasteiger partial charge in [0.2, 0.25) is 0 Å². The molecular formula is C20H20F3N5O. The summed E-state index contributed by atoms with van der Waals surface area (Å²) in [4.78, 5) is 14.9. The summed E-state index contributed by atoms with van der Waals surface area (Å²) in [5.41, 5.74) is 0.376. The maximum atomic E-state index is 13.3. The van der Waals surface area contributed by atoms with Gasteiger partial charge in [0.15, 0.2) is 0 Å². The molecule has 0 radical (unpaired) electrons. The maximum Gasteiger partial charge on any atom is 0.417 e. The molecule has 1 unspecified atom stereocenters. The van der Waals surface area contributed by atoms with Gasteiger partial charge in [-0.1, -0.05) is 18.2 Å². The van der Waals surface area contributed by atoms with Crippen molar-refractivity contribution in [2.45, 2.75) is 31.5 Å². The van der Waals surface area contributed by atoms with Crippen LogP contribution in [0.3, 0.4) is 0 Å². The molecule has 1 N–H and O–H groups in total. The molecule has 1 aromatic carbocycles. The number of aromatic nitrogens is 4. The van der Waals surface area contributed by atoms with Crippen LogP contribution in [0.5, 0.6) is 0 Å². The van der Waals surface area contributed by atoms with E-state index in [1.54, 1.807) is 15.8 Å². The molecule has 0 spiro atoms. The highest BCUT2D eigenvalue weighted by atomic mass is 19.4. The molecule has 2 aromatic heterocycles. The normalized spacial score (nSPS) is 17.5. The standard InChI is InChI=1S/C20H20F3N5O/c1-27-12-13(11-24-27)18-8-4-5-9-28(18)19(29)17-10-16(25-26-17)14-6-2-3-7-15(14)20(21,22)23/h2-3,6-7,10-12,18H,4-5,8-9H2,1H3,(H,25,26). The number of rotatable bonds is 3. The molecule has 1 saturated heterocycles. The Bertz CT molecular complexity index is 1020. The number of H-pyrrole nitrogens is 1. The zero-order chi connectivity index (χ0) is 20.6. The molecule has 1 amide bonds. The topological polar surface area (TPSA) is 66.8 Å². The van der Waals surface area contributed by atoms with E-state index in [4.69, 9.17) is 0 Å². The van der Waals surface area contributed by atoms with Gasteiger partial charge in [-0.15, -0.1) is 0 Å². The first-order valence-corrected chi connectivity index (χ1v) is 9.36. The monoisotopic (exact) mass is 403 g/mol. The molecule has 9 heteroatoms. The van der Waals surface area contributed by atoms with Crippen molar-refractivity contribution in [1.29, 1.82) is 0 Å². The number of nitrogens with one attached hydrogen (secondary N) is 1. The van der Waals surface area contributed by atoms with E-state index in [-0.39, 0.29) is 28.9 Å². The van der Waals surface area contributed by atoms with Crippen LogP contribution in [0.15, 0.2) is 42.7 Å². The number of hydrogen-bond acceptors (Lipinski definition) is 3. The Morgan fingerprint density at radius 1 is 1.24 bits per heavy atom. The third kappa shape index (κ3) is 3.76. The second-order valence-corrected chi connectivity index (χ2v) is 7.17. The summed E-state index contributed by atoms with van der Waals surface area (Å²) in [6.07, 6.45) is 1.81. The number of hydrogen-bond donors (Lipinski definition) is 1. The zero-order valence-corrected chi connectivity index (χ0v) is 15.8. The number of carbonyl (C=O) groups is 1. The number of carbonyl (C=O) groups excluding carboxylic acids is 1. The third-order valence-corrected chi connectivity index (χ3v) is 5.19. The molecule has 3 heterocycles. The van der Waals surface area contributed by atoms with Gasteiger partial charge in [-0.25, -0.2) is 0 Å². The molecule has 4 rings (SSSR count). The summed E-state index contributed by atoms with van der Waals surface area (Å²) in [7, 11) is 1.82. The number of aryl methyl sites for hydroxylation is 1. The van der Waals surface area contributed by atoms with Gasteiger partial charge in [0.05, 0.1) is 23.5 Å². The van der Waals surface area contributed by atoms with Crippen LogP contribution >= 0.6 is 0 Å². The highest BCUT2D eigenvalue weighted by molar-refractivity contribution is 5.94. The third-order valence-electron chi connectivity index (χ3n) is 5.19. The van der Waals surface area contributed by atoms with Crippen molar-refractivity contribution in [2.75, 3.05) is 6.54 Å². The molecule has 0 aliphatic carbocycles. The molecule has 29 heavy (non-hydrogen) atoms. The quantitative estimate of drug-likeness (QED) is 0.713. The molecule has 0 saturated carbocycles. The Hall–Kier alpha value is -3.10. The van der Waals surface area contributed by atoms with Crippen LogP contribution in [-0.2, 0) is 13.2 Å². The second kappa shape index (κ2) is 7.38. The molecular weight excluding hydrogens is 383 g/mol. The summed E-state index contributed by atoms with van der Waals surface area (Å²) in [6.45, 7) is 0.575.